The largest absolute Gasteiger partial charge is 0.227 e. The highest BCUT2D eigenvalue weighted by Crippen LogP contribution is 2.39. The lowest BCUT2D eigenvalue weighted by atomic mass is 10.2. The molecular weight excluding hydrogens is 152 g/mol. The lowest BCUT2D eigenvalue weighted by molar-refractivity contribution is 0.448. The van der Waals surface area contributed by atoms with Crippen molar-refractivity contribution in [2.75, 3.05) is 0 Å². The van der Waals surface area contributed by atoms with E-state index in [2.05, 4.69) is 29.4 Å². The Morgan fingerprint density at radius 2 is 2.33 bits per heavy atom. The van der Waals surface area contributed by atoms with Gasteiger partial charge >= 0.3 is 0 Å². The quantitative estimate of drug-likeness (QED) is 0.683. The molecule has 0 amide bonds. The van der Waals surface area contributed by atoms with Crippen LogP contribution >= 0.6 is 0 Å². The Hall–Kier alpha value is -0.930. The van der Waals surface area contributed by atoms with Gasteiger partial charge in [-0.15, -0.1) is 5.10 Å². The second-order valence-electron chi connectivity index (χ2n) is 3.51. The van der Waals surface area contributed by atoms with E-state index in [1.807, 2.05) is 4.68 Å². The molecule has 0 saturated heterocycles. The number of aromatic nitrogens is 4. The average Bonchev–Trinajstić information content (AvgIpc) is 2.83. The number of rotatable bonds is 3. The van der Waals surface area contributed by atoms with E-state index in [0.29, 0.717) is 12.0 Å². The third kappa shape index (κ3) is 1.21. The van der Waals surface area contributed by atoms with E-state index in [4.69, 9.17) is 0 Å². The zero-order valence-electron chi connectivity index (χ0n) is 7.56. The van der Waals surface area contributed by atoms with Gasteiger partial charge < -0.3 is 0 Å². The van der Waals surface area contributed by atoms with E-state index >= 15 is 0 Å². The van der Waals surface area contributed by atoms with Gasteiger partial charge in [0.25, 0.3) is 0 Å². The van der Waals surface area contributed by atoms with E-state index in [1.54, 1.807) is 0 Å². The lowest BCUT2D eigenvalue weighted by Gasteiger charge is -2.09. The van der Waals surface area contributed by atoms with Crippen molar-refractivity contribution in [3.63, 3.8) is 0 Å². The number of nitrogens with zero attached hydrogens (tertiary/aromatic N) is 4. The molecule has 0 bridgehead atoms. The van der Waals surface area contributed by atoms with Crippen LogP contribution < -0.4 is 0 Å². The Morgan fingerprint density at radius 3 is 2.92 bits per heavy atom. The second-order valence-corrected chi connectivity index (χ2v) is 3.51. The van der Waals surface area contributed by atoms with Gasteiger partial charge in [-0.25, -0.2) is 4.68 Å². The first-order valence-corrected chi connectivity index (χ1v) is 4.60. The van der Waals surface area contributed by atoms with E-state index in [1.165, 1.54) is 12.8 Å². The minimum absolute atomic E-state index is 0.440. The second kappa shape index (κ2) is 2.84. The minimum atomic E-state index is 0.440. The van der Waals surface area contributed by atoms with Crippen molar-refractivity contribution in [2.24, 2.45) is 0 Å². The van der Waals surface area contributed by atoms with Crippen molar-refractivity contribution in [3.8, 4) is 0 Å². The van der Waals surface area contributed by atoms with Crippen LogP contribution in [0.2, 0.25) is 0 Å². The molecule has 1 aromatic heterocycles. The Labute approximate surface area is 72.0 Å². The van der Waals surface area contributed by atoms with Gasteiger partial charge in [-0.05, 0) is 36.6 Å². The fraction of sp³-hybridized carbons (Fsp3) is 0.875. The highest BCUT2D eigenvalue weighted by Gasteiger charge is 2.30. The highest BCUT2D eigenvalue weighted by atomic mass is 15.5. The Morgan fingerprint density at radius 1 is 1.58 bits per heavy atom. The predicted octanol–water partition coefficient (Wildman–Crippen LogP) is 1.52. The first-order chi connectivity index (χ1) is 5.83. The van der Waals surface area contributed by atoms with Gasteiger partial charge in [0.1, 0.15) is 0 Å². The molecule has 2 rings (SSSR count). The van der Waals surface area contributed by atoms with Crippen LogP contribution in [0.1, 0.15) is 50.9 Å². The molecule has 12 heavy (non-hydrogen) atoms. The molecule has 0 N–H and O–H groups in total. The lowest BCUT2D eigenvalue weighted by Crippen LogP contribution is -2.09. The van der Waals surface area contributed by atoms with Gasteiger partial charge in [0.05, 0.1) is 6.04 Å². The molecular formula is C8H14N4. The summed E-state index contributed by atoms with van der Waals surface area (Å²) in [5.74, 6) is 1.73. The highest BCUT2D eigenvalue weighted by molar-refractivity contribution is 5.03. The van der Waals surface area contributed by atoms with Crippen molar-refractivity contribution in [3.05, 3.63) is 5.82 Å². The SMILES string of the molecule is CCC(C)n1nnnc1C1CC1. The molecule has 1 heterocycles. The van der Waals surface area contributed by atoms with Crippen LogP contribution in [-0.4, -0.2) is 20.2 Å². The summed E-state index contributed by atoms with van der Waals surface area (Å²) in [6.45, 7) is 4.31. The fourth-order valence-electron chi connectivity index (χ4n) is 1.30. The van der Waals surface area contributed by atoms with Crippen molar-refractivity contribution < 1.29 is 0 Å². The molecule has 4 nitrogen and oxygen atoms in total. The fourth-order valence-corrected chi connectivity index (χ4v) is 1.30. The summed E-state index contributed by atoms with van der Waals surface area (Å²) in [5, 5.41) is 11.8. The van der Waals surface area contributed by atoms with E-state index < -0.39 is 0 Å². The van der Waals surface area contributed by atoms with Crippen molar-refractivity contribution in [2.45, 2.75) is 45.1 Å². The molecule has 0 aliphatic heterocycles. The summed E-state index contributed by atoms with van der Waals surface area (Å²) < 4.78 is 1.97. The standard InChI is InChI=1S/C8H14N4/c1-3-6(2)12-8(7-4-5-7)9-10-11-12/h6-7H,3-5H2,1-2H3. The van der Waals surface area contributed by atoms with Crippen LogP contribution in [0.15, 0.2) is 0 Å². The van der Waals surface area contributed by atoms with Crippen LogP contribution in [0.5, 0.6) is 0 Å². The molecule has 0 radical (unpaired) electrons. The zero-order valence-corrected chi connectivity index (χ0v) is 7.56. The maximum Gasteiger partial charge on any atom is 0.154 e. The Kier molecular flexibility index (Phi) is 1.83. The monoisotopic (exact) mass is 166 g/mol. The predicted molar refractivity (Wildman–Crippen MR) is 44.8 cm³/mol. The maximum atomic E-state index is 4.05. The minimum Gasteiger partial charge on any atom is -0.227 e. The summed E-state index contributed by atoms with van der Waals surface area (Å²) in [6.07, 6.45) is 3.61. The van der Waals surface area contributed by atoms with E-state index in [-0.39, 0.29) is 0 Å². The summed E-state index contributed by atoms with van der Waals surface area (Å²) in [6, 6.07) is 0.440. The van der Waals surface area contributed by atoms with Crippen LogP contribution in [-0.2, 0) is 0 Å². The van der Waals surface area contributed by atoms with Gasteiger partial charge in [0, 0.05) is 5.92 Å². The number of hydrogen-bond donors (Lipinski definition) is 0. The first kappa shape index (κ1) is 7.71. The molecule has 1 unspecified atom stereocenters. The normalized spacial score (nSPS) is 19.5. The average molecular weight is 166 g/mol. The smallest absolute Gasteiger partial charge is 0.154 e. The maximum absolute atomic E-state index is 4.05. The van der Waals surface area contributed by atoms with Gasteiger partial charge in [0.15, 0.2) is 5.82 Å². The molecule has 1 aromatic rings. The summed E-state index contributed by atoms with van der Waals surface area (Å²) >= 11 is 0. The molecule has 1 atom stereocenters. The van der Waals surface area contributed by atoms with E-state index in [9.17, 15) is 0 Å². The van der Waals surface area contributed by atoms with Crippen LogP contribution in [0.3, 0.4) is 0 Å². The van der Waals surface area contributed by atoms with Crippen molar-refractivity contribution in [1.29, 1.82) is 0 Å². The van der Waals surface area contributed by atoms with Crippen LogP contribution in [0.25, 0.3) is 0 Å². The van der Waals surface area contributed by atoms with Gasteiger partial charge in [-0.1, -0.05) is 6.92 Å². The summed E-state index contributed by atoms with van der Waals surface area (Å²) in [4.78, 5) is 0. The van der Waals surface area contributed by atoms with Gasteiger partial charge in [-0.3, -0.25) is 0 Å². The van der Waals surface area contributed by atoms with Gasteiger partial charge in [0.2, 0.25) is 0 Å². The molecule has 1 aliphatic carbocycles. The topological polar surface area (TPSA) is 43.6 Å². The van der Waals surface area contributed by atoms with Crippen molar-refractivity contribution in [1.82, 2.24) is 20.2 Å². The summed E-state index contributed by atoms with van der Waals surface area (Å²) in [7, 11) is 0. The third-order valence-corrected chi connectivity index (χ3v) is 2.47. The van der Waals surface area contributed by atoms with Crippen LogP contribution in [0, 0.1) is 0 Å². The molecule has 1 saturated carbocycles. The molecule has 66 valence electrons. The summed E-state index contributed by atoms with van der Waals surface area (Å²) in [5.41, 5.74) is 0. The molecule has 0 aromatic carbocycles. The molecule has 1 aliphatic rings. The van der Waals surface area contributed by atoms with Gasteiger partial charge in [-0.2, -0.15) is 0 Å². The third-order valence-electron chi connectivity index (χ3n) is 2.47. The molecule has 4 heteroatoms. The van der Waals surface area contributed by atoms with Crippen LogP contribution in [0.4, 0.5) is 0 Å². The molecule has 0 spiro atoms. The Balaban J connectivity index is 2.23. The van der Waals surface area contributed by atoms with E-state index in [0.717, 1.165) is 12.2 Å². The molecule has 1 fully saturated rings. The zero-order chi connectivity index (χ0) is 8.55. The first-order valence-electron chi connectivity index (χ1n) is 4.60. The number of hydrogen-bond acceptors (Lipinski definition) is 3. The Bertz CT molecular complexity index is 264. The number of tetrazole rings is 1. The van der Waals surface area contributed by atoms with Crippen molar-refractivity contribution >= 4 is 0 Å².